The van der Waals surface area contributed by atoms with Crippen LogP contribution in [0.25, 0.3) is 11.0 Å². The fourth-order valence-corrected chi connectivity index (χ4v) is 12.6. The van der Waals surface area contributed by atoms with Gasteiger partial charge in [0.05, 0.1) is 47.5 Å². The van der Waals surface area contributed by atoms with Crippen molar-refractivity contribution in [2.24, 2.45) is 5.41 Å². The number of rotatable bonds is 18. The van der Waals surface area contributed by atoms with Crippen LogP contribution in [0.15, 0.2) is 67.4 Å². The molecule has 9 heterocycles. The van der Waals surface area contributed by atoms with E-state index in [4.69, 9.17) is 37.4 Å². The Morgan fingerprint density at radius 1 is 0.782 bits per heavy atom. The monoisotopic (exact) mass is 1240 g/mol. The number of H-pyrrole nitrogens is 1. The molecule has 1 saturated carbocycles. The van der Waals surface area contributed by atoms with Gasteiger partial charge in [-0.15, -0.1) is 5.10 Å². The Morgan fingerprint density at radius 2 is 1.47 bits per heavy atom. The summed E-state index contributed by atoms with van der Waals surface area (Å²) in [5.41, 5.74) is -1.80. The molecule has 6 amide bonds. The topological polar surface area (TPSA) is 271 Å². The van der Waals surface area contributed by atoms with E-state index in [1.54, 1.807) is 57.3 Å². The van der Waals surface area contributed by atoms with Crippen LogP contribution in [0.4, 0.5) is 21.1 Å². The van der Waals surface area contributed by atoms with Crippen LogP contribution in [-0.4, -0.2) is 216 Å². The summed E-state index contributed by atoms with van der Waals surface area (Å²) in [7, 11) is 0. The summed E-state index contributed by atoms with van der Waals surface area (Å²) in [4.78, 5) is 111. The van der Waals surface area contributed by atoms with Crippen LogP contribution in [0.5, 0.6) is 0 Å². The Labute approximate surface area is 516 Å². The number of carbonyl (C=O) groups excluding carboxylic acids is 6. The van der Waals surface area contributed by atoms with E-state index in [0.717, 1.165) is 48.1 Å². The number of fused-ring (bicyclic) bond motifs is 4. The second kappa shape index (κ2) is 26.3. The largest absolute Gasteiger partial charge is 0.444 e. The molecule has 87 heavy (non-hydrogen) atoms. The maximum Gasteiger partial charge on any atom is 0.410 e. The third kappa shape index (κ3) is 15.4. The molecule has 1 atom stereocenters. The molecule has 0 spiro atoms. The highest BCUT2D eigenvalue weighted by Gasteiger charge is 2.55. The number of halogens is 2. The fourth-order valence-electron chi connectivity index (χ4n) is 12.3. The van der Waals surface area contributed by atoms with Gasteiger partial charge in [0.1, 0.15) is 46.8 Å². The molecule has 468 valence electrons. The van der Waals surface area contributed by atoms with Crippen molar-refractivity contribution >= 4 is 81.6 Å². The highest BCUT2D eigenvalue weighted by molar-refractivity contribution is 6.32. The van der Waals surface area contributed by atoms with Crippen LogP contribution < -0.4 is 20.9 Å². The molecule has 27 heteroatoms. The van der Waals surface area contributed by atoms with Gasteiger partial charge in [0.15, 0.2) is 5.15 Å². The van der Waals surface area contributed by atoms with E-state index in [1.807, 2.05) is 41.4 Å². The molecule has 5 aromatic rings. The van der Waals surface area contributed by atoms with Gasteiger partial charge in [0.25, 0.3) is 5.91 Å². The van der Waals surface area contributed by atoms with Crippen molar-refractivity contribution in [2.75, 3.05) is 108 Å². The quantitative estimate of drug-likeness (QED) is 0.0714. The van der Waals surface area contributed by atoms with Gasteiger partial charge >= 0.3 is 12.2 Å². The first-order valence-corrected chi connectivity index (χ1v) is 30.8. The van der Waals surface area contributed by atoms with Gasteiger partial charge in [-0.05, 0) is 122 Å². The highest BCUT2D eigenvalue weighted by atomic mass is 35.5. The molecule has 1 aliphatic carbocycles. The molecule has 4 N–H and O–H groups in total. The number of benzene rings is 1. The molecule has 2 bridgehead atoms. The molecule has 5 aliphatic heterocycles. The van der Waals surface area contributed by atoms with Gasteiger partial charge in [0.2, 0.25) is 17.7 Å². The van der Waals surface area contributed by atoms with Crippen molar-refractivity contribution in [3.63, 3.8) is 0 Å². The van der Waals surface area contributed by atoms with Gasteiger partial charge in [-0.3, -0.25) is 38.6 Å². The van der Waals surface area contributed by atoms with Gasteiger partial charge < -0.3 is 49.8 Å². The molecule has 5 saturated heterocycles. The summed E-state index contributed by atoms with van der Waals surface area (Å²) in [6, 6.07) is 12.1. The van der Waals surface area contributed by atoms with Crippen molar-refractivity contribution in [3.05, 3.63) is 88.8 Å². The number of piperidine rings is 1. The Morgan fingerprint density at radius 3 is 2.11 bits per heavy atom. The molecular weight excluding hydrogens is 1160 g/mol. The number of alkyl carbamates (subject to hydrolysis) is 1. The highest BCUT2D eigenvalue weighted by Crippen LogP contribution is 2.50. The number of carbonyl (C=O) groups is 6. The minimum atomic E-state index is -1.27. The Bertz CT molecular complexity index is 3230. The van der Waals surface area contributed by atoms with Gasteiger partial charge in [-0.25, -0.2) is 24.5 Å². The van der Waals surface area contributed by atoms with Crippen LogP contribution in [0, 0.1) is 5.41 Å². The molecule has 4 aromatic heterocycles. The molecule has 6 fully saturated rings. The Hall–Kier alpha value is -7.19. The zero-order valence-electron chi connectivity index (χ0n) is 50.5. The number of anilines is 2. The lowest BCUT2D eigenvalue weighted by Crippen LogP contribution is -2.64. The summed E-state index contributed by atoms with van der Waals surface area (Å²) in [6.45, 7) is 18.1. The zero-order valence-corrected chi connectivity index (χ0v) is 52.0. The second-order valence-electron chi connectivity index (χ2n) is 25.6. The van der Waals surface area contributed by atoms with E-state index in [2.05, 4.69) is 60.9 Å². The van der Waals surface area contributed by atoms with Crippen molar-refractivity contribution < 1.29 is 43.0 Å². The predicted molar refractivity (Wildman–Crippen MR) is 325 cm³/mol. The minimum Gasteiger partial charge on any atom is -0.444 e. The summed E-state index contributed by atoms with van der Waals surface area (Å²) in [5.74, 6) is -0.182. The molecule has 0 radical (unpaired) electrons. The SMILES string of the molecule is CC(C)(C)OC(=O)NC1(C(=O)N[C@@H](CCN2CCN(C(=O)C34CCC(CN5CCN(C(=O)c6ccc(NC(=O)CN(CCn7ccnn7)C(=O)OC(C)(C)C)c(Cl)n6)CC5)(CC3)OC4)CC2)c2ccc(Cl)cc2)CCN(c2ncnc3[nH]ccc23)CC1. The van der Waals surface area contributed by atoms with Crippen LogP contribution in [-0.2, 0) is 35.1 Å². The number of amides is 6. The maximum atomic E-state index is 14.8. The minimum absolute atomic E-state index is 0.0602. The van der Waals surface area contributed by atoms with Crippen LogP contribution in [0.1, 0.15) is 109 Å². The van der Waals surface area contributed by atoms with Gasteiger partial charge in [-0.2, -0.15) is 0 Å². The third-order valence-electron chi connectivity index (χ3n) is 17.2. The number of nitrogens with zero attached hydrogens (tertiary/aromatic N) is 12. The molecule has 1 aromatic carbocycles. The normalized spacial score (nSPS) is 21.3. The van der Waals surface area contributed by atoms with E-state index < -0.39 is 46.3 Å². The molecule has 0 unspecified atom stereocenters. The van der Waals surface area contributed by atoms with Crippen molar-refractivity contribution in [1.82, 2.24) is 70.1 Å². The number of aromatic nitrogens is 7. The average molecular weight is 1240 g/mol. The molecule has 11 rings (SSSR count). The first kappa shape index (κ1) is 62.8. The van der Waals surface area contributed by atoms with Crippen LogP contribution in [0.3, 0.4) is 0 Å². The fraction of sp³-hybridized carbons (Fsp3) is 0.583. The standard InChI is InChI=1S/C60H80Cl2N16O9/c1-56(2,3)86-54(83)70-60(19-24-74(25-20-60)50-43-13-21-63-49(43)64-40-65-50)52(81)69-44(41-7-9-42(61)10-8-41)14-23-72-27-33-76(34-28-72)53(82)58-15-17-59(18-16-58,85-39-58)38-73-29-31-75(32-30-73)51(80)46-12-11-45(48(62)68-46)67-47(79)37-77(55(84)87-57(4,5)6)35-36-78-26-22-66-71-78/h7-13,21-22,26,40,44H,14-20,23-25,27-39H2,1-6H3,(H,67,79)(H,69,81)(H,70,83)(H,63,64,65)/t44-,58?,59?/m0/s1. The van der Waals surface area contributed by atoms with E-state index in [9.17, 15) is 28.8 Å². The smallest absolute Gasteiger partial charge is 0.410 e. The zero-order chi connectivity index (χ0) is 61.7. The van der Waals surface area contributed by atoms with Crippen molar-refractivity contribution in [2.45, 2.75) is 121 Å². The molecule has 25 nitrogen and oxygen atoms in total. The van der Waals surface area contributed by atoms with Gasteiger partial charge in [0, 0.05) is 102 Å². The number of piperazine rings is 2. The molecule has 6 aliphatic rings. The summed E-state index contributed by atoms with van der Waals surface area (Å²) < 4.78 is 19.5. The Balaban J connectivity index is 0.679. The summed E-state index contributed by atoms with van der Waals surface area (Å²) in [6.07, 6.45) is 9.43. The number of hydrogen-bond donors (Lipinski definition) is 4. The van der Waals surface area contributed by atoms with Crippen molar-refractivity contribution in [3.8, 4) is 0 Å². The van der Waals surface area contributed by atoms with E-state index in [0.29, 0.717) is 116 Å². The van der Waals surface area contributed by atoms with E-state index >= 15 is 0 Å². The first-order valence-electron chi connectivity index (χ1n) is 30.0. The lowest BCUT2D eigenvalue weighted by molar-refractivity contribution is -0.203. The van der Waals surface area contributed by atoms with Crippen LogP contribution in [0.2, 0.25) is 10.2 Å². The van der Waals surface area contributed by atoms with E-state index in [1.165, 1.54) is 29.6 Å². The lowest BCUT2D eigenvalue weighted by Gasteiger charge is -2.55. The molecular formula is C60H80Cl2N16O9. The maximum absolute atomic E-state index is 14.8. The first-order chi connectivity index (χ1) is 41.5. The number of pyridine rings is 1. The van der Waals surface area contributed by atoms with Gasteiger partial charge in [-0.1, -0.05) is 40.5 Å². The number of nitrogens with one attached hydrogen (secondary N) is 4. The number of aromatic amines is 1. The van der Waals surface area contributed by atoms with Crippen molar-refractivity contribution in [1.29, 1.82) is 0 Å². The van der Waals surface area contributed by atoms with Crippen LogP contribution >= 0.6 is 23.2 Å². The lowest BCUT2D eigenvalue weighted by atomic mass is 9.65. The van der Waals surface area contributed by atoms with E-state index in [-0.39, 0.29) is 52.9 Å². The average Bonchev–Trinajstić information content (AvgIpc) is 1.29. The summed E-state index contributed by atoms with van der Waals surface area (Å²) in [5, 5.41) is 18.2. The number of hydrogen-bond acceptors (Lipinski definition) is 17. The Kier molecular flexibility index (Phi) is 19.0. The number of ether oxygens (including phenoxy) is 3. The predicted octanol–water partition coefficient (Wildman–Crippen LogP) is 6.17. The third-order valence-corrected chi connectivity index (χ3v) is 17.7. The second-order valence-corrected chi connectivity index (χ2v) is 26.4. The summed E-state index contributed by atoms with van der Waals surface area (Å²) >= 11 is 12.9.